The van der Waals surface area contributed by atoms with E-state index in [-0.39, 0.29) is 12.0 Å². The van der Waals surface area contributed by atoms with Crippen LogP contribution >= 0.6 is 22.9 Å². The van der Waals surface area contributed by atoms with Gasteiger partial charge in [0.15, 0.2) is 4.96 Å². The van der Waals surface area contributed by atoms with Gasteiger partial charge in [-0.2, -0.15) is 0 Å². The van der Waals surface area contributed by atoms with Gasteiger partial charge in [-0.3, -0.25) is 9.20 Å². The molecule has 2 aromatic heterocycles. The van der Waals surface area contributed by atoms with E-state index in [0.29, 0.717) is 17.3 Å². The first-order chi connectivity index (χ1) is 12.2. The van der Waals surface area contributed by atoms with Crippen LogP contribution < -0.4 is 0 Å². The Morgan fingerprint density at radius 1 is 1.40 bits per heavy atom. The van der Waals surface area contributed by atoms with Crippen molar-refractivity contribution in [3.63, 3.8) is 0 Å². The third kappa shape index (κ3) is 3.05. The van der Waals surface area contributed by atoms with Crippen molar-refractivity contribution in [2.45, 2.75) is 18.9 Å². The highest BCUT2D eigenvalue weighted by Crippen LogP contribution is 2.29. The molecule has 0 aliphatic carbocycles. The maximum Gasteiger partial charge on any atom is 0.271 e. The van der Waals surface area contributed by atoms with Gasteiger partial charge in [0.25, 0.3) is 5.91 Å². The van der Waals surface area contributed by atoms with Crippen molar-refractivity contribution in [1.82, 2.24) is 14.3 Å². The molecule has 0 radical (unpaired) electrons. The zero-order valence-electron chi connectivity index (χ0n) is 13.8. The number of imidazole rings is 1. The number of likely N-dealkylation sites (tertiary alicyclic amines) is 1. The molecule has 1 aliphatic heterocycles. The fourth-order valence-electron chi connectivity index (χ4n) is 3.21. The highest BCUT2D eigenvalue weighted by atomic mass is 35.5. The smallest absolute Gasteiger partial charge is 0.271 e. The largest absolute Gasteiger partial charge is 0.380 e. The number of thiazole rings is 1. The van der Waals surface area contributed by atoms with E-state index in [4.69, 9.17) is 16.3 Å². The first-order valence-corrected chi connectivity index (χ1v) is 9.46. The highest BCUT2D eigenvalue weighted by molar-refractivity contribution is 7.15. The summed E-state index contributed by atoms with van der Waals surface area (Å²) in [7, 11) is 1.70. The fourth-order valence-corrected chi connectivity index (χ4v) is 4.29. The molecule has 0 N–H and O–H groups in total. The molecule has 1 saturated heterocycles. The van der Waals surface area contributed by atoms with Crippen molar-refractivity contribution in [3.05, 3.63) is 46.6 Å². The summed E-state index contributed by atoms with van der Waals surface area (Å²) in [5, 5.41) is 2.53. The lowest BCUT2D eigenvalue weighted by Crippen LogP contribution is -2.43. The maximum absolute atomic E-state index is 13.0. The zero-order valence-corrected chi connectivity index (χ0v) is 15.4. The van der Waals surface area contributed by atoms with Crippen LogP contribution in [0, 0.1) is 0 Å². The summed E-state index contributed by atoms with van der Waals surface area (Å²) in [6.07, 6.45) is 3.97. The molecule has 1 aliphatic rings. The molecule has 3 aromatic rings. The van der Waals surface area contributed by atoms with Gasteiger partial charge in [0.05, 0.1) is 16.8 Å². The summed E-state index contributed by atoms with van der Waals surface area (Å²) in [4.78, 5) is 20.2. The second kappa shape index (κ2) is 6.78. The average molecular weight is 376 g/mol. The molecular formula is C18H18ClN3O2S. The number of nitrogens with zero attached hydrogens (tertiary/aromatic N) is 3. The van der Waals surface area contributed by atoms with Gasteiger partial charge in [0, 0.05) is 37.3 Å². The summed E-state index contributed by atoms with van der Waals surface area (Å²) >= 11 is 7.74. The van der Waals surface area contributed by atoms with Gasteiger partial charge < -0.3 is 9.64 Å². The Morgan fingerprint density at radius 2 is 2.24 bits per heavy atom. The normalized spacial score (nSPS) is 18.0. The van der Waals surface area contributed by atoms with Crippen LogP contribution in [0.3, 0.4) is 0 Å². The summed E-state index contributed by atoms with van der Waals surface area (Å²) < 4.78 is 7.29. The minimum Gasteiger partial charge on any atom is -0.380 e. The molecule has 130 valence electrons. The van der Waals surface area contributed by atoms with Crippen LogP contribution in [0.5, 0.6) is 0 Å². The molecule has 1 aromatic carbocycles. The van der Waals surface area contributed by atoms with Crippen molar-refractivity contribution in [3.8, 4) is 11.3 Å². The first kappa shape index (κ1) is 16.6. The number of hydrogen-bond acceptors (Lipinski definition) is 4. The lowest BCUT2D eigenvalue weighted by Gasteiger charge is -2.31. The number of halogens is 1. The van der Waals surface area contributed by atoms with Crippen LogP contribution in [0.4, 0.5) is 0 Å². The van der Waals surface area contributed by atoms with Gasteiger partial charge >= 0.3 is 0 Å². The number of ether oxygens (including phenoxy) is 1. The number of aromatic nitrogens is 2. The molecule has 0 bridgehead atoms. The Labute approximate surface area is 154 Å². The van der Waals surface area contributed by atoms with Crippen LogP contribution in [-0.2, 0) is 4.74 Å². The lowest BCUT2D eigenvalue weighted by molar-refractivity contribution is 0.0265. The number of carbonyl (C=O) groups excluding carboxylic acids is 1. The molecule has 0 spiro atoms. The van der Waals surface area contributed by atoms with E-state index in [1.165, 1.54) is 11.3 Å². The number of carbonyl (C=O) groups is 1. The quantitative estimate of drug-likeness (QED) is 0.696. The summed E-state index contributed by atoms with van der Waals surface area (Å²) in [5.41, 5.74) is 2.29. The van der Waals surface area contributed by atoms with Crippen LogP contribution in [-0.4, -0.2) is 46.5 Å². The monoisotopic (exact) mass is 375 g/mol. The second-order valence-electron chi connectivity index (χ2n) is 6.13. The van der Waals surface area contributed by atoms with E-state index in [1.54, 1.807) is 7.11 Å². The molecule has 1 amide bonds. The molecule has 1 atom stereocenters. The van der Waals surface area contributed by atoms with Gasteiger partial charge in [-0.1, -0.05) is 29.8 Å². The minimum atomic E-state index is 0.0242. The standard InChI is InChI=1S/C18H18ClN3O2S/c1-24-12-5-4-8-21(9-12)17(23)16-11-25-18-20-15(10-22(16)18)13-6-2-3-7-14(13)19/h2-3,6-7,10-12H,4-5,8-9H2,1H3. The highest BCUT2D eigenvalue weighted by Gasteiger charge is 2.26. The molecule has 5 nitrogen and oxygen atoms in total. The van der Waals surface area contributed by atoms with E-state index in [1.807, 2.05) is 45.1 Å². The van der Waals surface area contributed by atoms with E-state index >= 15 is 0 Å². The Balaban J connectivity index is 1.67. The van der Waals surface area contributed by atoms with Gasteiger partial charge in [-0.15, -0.1) is 11.3 Å². The minimum absolute atomic E-state index is 0.0242. The lowest BCUT2D eigenvalue weighted by atomic mass is 10.1. The molecule has 1 fully saturated rings. The van der Waals surface area contributed by atoms with Gasteiger partial charge in [0.1, 0.15) is 5.69 Å². The summed E-state index contributed by atoms with van der Waals surface area (Å²) in [6, 6.07) is 7.60. The van der Waals surface area contributed by atoms with Gasteiger partial charge in [0.2, 0.25) is 0 Å². The third-order valence-corrected chi connectivity index (χ3v) is 5.75. The van der Waals surface area contributed by atoms with Crippen molar-refractivity contribution < 1.29 is 9.53 Å². The summed E-state index contributed by atoms with van der Waals surface area (Å²) in [6.45, 7) is 1.40. The average Bonchev–Trinajstić information content (AvgIpc) is 3.22. The number of rotatable bonds is 3. The number of hydrogen-bond donors (Lipinski definition) is 0. The van der Waals surface area contributed by atoms with E-state index < -0.39 is 0 Å². The predicted molar refractivity (Wildman–Crippen MR) is 99.4 cm³/mol. The Morgan fingerprint density at radius 3 is 3.04 bits per heavy atom. The molecule has 4 rings (SSSR count). The van der Waals surface area contributed by atoms with Crippen molar-refractivity contribution in [2.24, 2.45) is 0 Å². The van der Waals surface area contributed by atoms with Gasteiger partial charge in [-0.25, -0.2) is 4.98 Å². The van der Waals surface area contributed by atoms with Crippen LogP contribution in [0.15, 0.2) is 35.8 Å². The Bertz CT molecular complexity index is 920. The molecule has 1 unspecified atom stereocenters. The number of methoxy groups -OCH3 is 1. The molecule has 25 heavy (non-hydrogen) atoms. The Hall–Kier alpha value is -1.89. The molecule has 7 heteroatoms. The van der Waals surface area contributed by atoms with Crippen molar-refractivity contribution in [2.75, 3.05) is 20.2 Å². The molecule has 3 heterocycles. The fraction of sp³-hybridized carbons (Fsp3) is 0.333. The number of fused-ring (bicyclic) bond motifs is 1. The zero-order chi connectivity index (χ0) is 17.4. The van der Waals surface area contributed by atoms with Crippen molar-refractivity contribution >= 4 is 33.8 Å². The van der Waals surface area contributed by atoms with E-state index in [0.717, 1.165) is 35.6 Å². The van der Waals surface area contributed by atoms with Crippen LogP contribution in [0.1, 0.15) is 23.3 Å². The van der Waals surface area contributed by atoms with Crippen molar-refractivity contribution in [1.29, 1.82) is 0 Å². The van der Waals surface area contributed by atoms with Crippen LogP contribution in [0.2, 0.25) is 5.02 Å². The number of amides is 1. The number of benzene rings is 1. The predicted octanol–water partition coefficient (Wildman–Crippen LogP) is 3.97. The Kier molecular flexibility index (Phi) is 4.50. The first-order valence-electron chi connectivity index (χ1n) is 8.21. The topological polar surface area (TPSA) is 46.8 Å². The van der Waals surface area contributed by atoms with Gasteiger partial charge in [-0.05, 0) is 18.9 Å². The number of piperidine rings is 1. The third-order valence-electron chi connectivity index (χ3n) is 4.58. The molecular weight excluding hydrogens is 358 g/mol. The summed E-state index contributed by atoms with van der Waals surface area (Å²) in [5.74, 6) is 0.0242. The van der Waals surface area contributed by atoms with Crippen LogP contribution in [0.25, 0.3) is 16.2 Å². The maximum atomic E-state index is 13.0. The van der Waals surface area contributed by atoms with E-state index in [9.17, 15) is 4.79 Å². The SMILES string of the molecule is COC1CCCN(C(=O)c2csc3nc(-c4ccccc4Cl)cn23)C1. The second-order valence-corrected chi connectivity index (χ2v) is 7.37. The molecule has 0 saturated carbocycles. The van der Waals surface area contributed by atoms with E-state index in [2.05, 4.69) is 4.98 Å².